The fourth-order valence-electron chi connectivity index (χ4n) is 2.98. The van der Waals surface area contributed by atoms with Crippen LogP contribution in [0.5, 0.6) is 5.75 Å². The van der Waals surface area contributed by atoms with Crippen LogP contribution in [0.15, 0.2) is 24.3 Å². The van der Waals surface area contributed by atoms with Gasteiger partial charge in [-0.25, -0.2) is 0 Å². The van der Waals surface area contributed by atoms with Crippen LogP contribution in [0.2, 0.25) is 0 Å². The van der Waals surface area contributed by atoms with Gasteiger partial charge in [0.1, 0.15) is 5.75 Å². The first kappa shape index (κ1) is 16.3. The number of aryl methyl sites for hydroxylation is 1. The molecular formula is C17H23NO4. The van der Waals surface area contributed by atoms with Crippen LogP contribution in [0.1, 0.15) is 37.7 Å². The SMILES string of the molecule is O=C(O)CCC1CCCN(C(=O)CCc2ccccc2O)C1. The number of aromatic hydroxyl groups is 1. The molecule has 1 amide bonds. The van der Waals surface area contributed by atoms with Crippen molar-refractivity contribution in [3.63, 3.8) is 0 Å². The molecule has 0 aromatic heterocycles. The Bertz CT molecular complexity index is 529. The van der Waals surface area contributed by atoms with Crippen LogP contribution < -0.4 is 0 Å². The lowest BCUT2D eigenvalue weighted by Gasteiger charge is -2.32. The third kappa shape index (κ3) is 4.76. The molecule has 22 heavy (non-hydrogen) atoms. The normalized spacial score (nSPS) is 18.2. The number of benzene rings is 1. The molecule has 120 valence electrons. The summed E-state index contributed by atoms with van der Waals surface area (Å²) in [6.45, 7) is 1.41. The van der Waals surface area contributed by atoms with Crippen LogP contribution >= 0.6 is 0 Å². The first-order valence-corrected chi connectivity index (χ1v) is 7.82. The van der Waals surface area contributed by atoms with E-state index in [0.717, 1.165) is 24.9 Å². The van der Waals surface area contributed by atoms with Crippen molar-refractivity contribution < 1.29 is 19.8 Å². The number of hydrogen-bond acceptors (Lipinski definition) is 3. The van der Waals surface area contributed by atoms with Gasteiger partial charge < -0.3 is 15.1 Å². The van der Waals surface area contributed by atoms with E-state index in [9.17, 15) is 14.7 Å². The van der Waals surface area contributed by atoms with Crippen LogP contribution in [0.4, 0.5) is 0 Å². The zero-order chi connectivity index (χ0) is 15.9. The van der Waals surface area contributed by atoms with Crippen LogP contribution in [-0.2, 0) is 16.0 Å². The molecule has 1 aromatic rings. The van der Waals surface area contributed by atoms with Crippen LogP contribution in [0.25, 0.3) is 0 Å². The first-order chi connectivity index (χ1) is 10.6. The van der Waals surface area contributed by atoms with Gasteiger partial charge in [0.2, 0.25) is 5.91 Å². The summed E-state index contributed by atoms with van der Waals surface area (Å²) in [4.78, 5) is 24.8. The van der Waals surface area contributed by atoms with Crippen molar-refractivity contribution in [2.24, 2.45) is 5.92 Å². The van der Waals surface area contributed by atoms with Crippen molar-refractivity contribution >= 4 is 11.9 Å². The number of para-hydroxylation sites is 1. The van der Waals surface area contributed by atoms with Crippen molar-refractivity contribution in [1.29, 1.82) is 0 Å². The van der Waals surface area contributed by atoms with E-state index in [-0.39, 0.29) is 18.1 Å². The molecule has 0 saturated carbocycles. The van der Waals surface area contributed by atoms with Gasteiger partial charge in [-0.2, -0.15) is 0 Å². The summed E-state index contributed by atoms with van der Waals surface area (Å²) >= 11 is 0. The molecule has 2 rings (SSSR count). The van der Waals surface area contributed by atoms with Crippen LogP contribution in [-0.4, -0.2) is 40.1 Å². The van der Waals surface area contributed by atoms with Gasteiger partial charge in [-0.1, -0.05) is 18.2 Å². The number of phenols is 1. The van der Waals surface area contributed by atoms with Crippen molar-refractivity contribution in [1.82, 2.24) is 4.90 Å². The molecule has 1 atom stereocenters. The van der Waals surface area contributed by atoms with E-state index in [1.54, 1.807) is 12.1 Å². The summed E-state index contributed by atoms with van der Waals surface area (Å²) < 4.78 is 0. The number of carboxylic acid groups (broad SMARTS) is 1. The lowest BCUT2D eigenvalue weighted by atomic mass is 9.93. The van der Waals surface area contributed by atoms with Gasteiger partial charge in [-0.05, 0) is 43.2 Å². The molecule has 1 fully saturated rings. The molecule has 2 N–H and O–H groups in total. The Kier molecular flexibility index (Phi) is 5.81. The second kappa shape index (κ2) is 7.82. The van der Waals surface area contributed by atoms with Crippen LogP contribution in [0, 0.1) is 5.92 Å². The molecule has 1 heterocycles. The van der Waals surface area contributed by atoms with Crippen molar-refractivity contribution in [3.8, 4) is 5.75 Å². The average Bonchev–Trinajstić information content (AvgIpc) is 2.52. The molecule has 0 bridgehead atoms. The number of carboxylic acids is 1. The van der Waals surface area contributed by atoms with Crippen LogP contribution in [0.3, 0.4) is 0 Å². The monoisotopic (exact) mass is 305 g/mol. The largest absolute Gasteiger partial charge is 0.508 e. The number of phenolic OH excluding ortho intramolecular Hbond substituents is 1. The summed E-state index contributed by atoms with van der Waals surface area (Å²) in [7, 11) is 0. The summed E-state index contributed by atoms with van der Waals surface area (Å²) in [6.07, 6.45) is 3.65. The maximum absolute atomic E-state index is 12.3. The van der Waals surface area contributed by atoms with E-state index in [0.29, 0.717) is 31.7 Å². The fourth-order valence-corrected chi connectivity index (χ4v) is 2.98. The van der Waals surface area contributed by atoms with E-state index in [4.69, 9.17) is 5.11 Å². The molecule has 1 unspecified atom stereocenters. The Hall–Kier alpha value is -2.04. The number of nitrogens with zero attached hydrogens (tertiary/aromatic N) is 1. The van der Waals surface area contributed by atoms with Crippen molar-refractivity contribution in [2.45, 2.75) is 38.5 Å². The third-order valence-electron chi connectivity index (χ3n) is 4.24. The Labute approximate surface area is 130 Å². The molecule has 1 saturated heterocycles. The second-order valence-corrected chi connectivity index (χ2v) is 5.91. The standard InChI is InChI=1S/C17H23NO4/c19-15-6-2-1-5-14(15)8-9-16(20)18-11-3-4-13(12-18)7-10-17(21)22/h1-2,5-6,13,19H,3-4,7-12H2,(H,21,22). The first-order valence-electron chi connectivity index (χ1n) is 7.82. The maximum atomic E-state index is 12.3. The number of aliphatic carboxylic acids is 1. The Morgan fingerprint density at radius 1 is 1.23 bits per heavy atom. The lowest BCUT2D eigenvalue weighted by molar-refractivity contribution is -0.137. The summed E-state index contributed by atoms with van der Waals surface area (Å²) in [5.41, 5.74) is 0.787. The molecule has 0 spiro atoms. The zero-order valence-electron chi connectivity index (χ0n) is 12.7. The maximum Gasteiger partial charge on any atom is 0.303 e. The van der Waals surface area contributed by atoms with Crippen molar-refractivity contribution in [3.05, 3.63) is 29.8 Å². The quantitative estimate of drug-likeness (QED) is 0.846. The van der Waals surface area contributed by atoms with Gasteiger partial charge in [-0.3, -0.25) is 9.59 Å². The van der Waals surface area contributed by atoms with E-state index >= 15 is 0 Å². The topological polar surface area (TPSA) is 77.8 Å². The molecule has 0 radical (unpaired) electrons. The minimum Gasteiger partial charge on any atom is -0.508 e. The number of rotatable bonds is 6. The highest BCUT2D eigenvalue weighted by atomic mass is 16.4. The molecule has 1 aliphatic heterocycles. The number of carbonyl (C=O) groups excluding carboxylic acids is 1. The van der Waals surface area contributed by atoms with E-state index < -0.39 is 5.97 Å². The smallest absolute Gasteiger partial charge is 0.303 e. The minimum atomic E-state index is -0.775. The van der Waals surface area contributed by atoms with E-state index in [1.807, 2.05) is 17.0 Å². The Morgan fingerprint density at radius 2 is 2.00 bits per heavy atom. The lowest BCUT2D eigenvalue weighted by Crippen LogP contribution is -2.40. The van der Waals surface area contributed by atoms with E-state index in [2.05, 4.69) is 0 Å². The molecule has 0 aliphatic carbocycles. The molecule has 5 heteroatoms. The Balaban J connectivity index is 1.81. The van der Waals surface area contributed by atoms with E-state index in [1.165, 1.54) is 0 Å². The highest BCUT2D eigenvalue weighted by Crippen LogP contribution is 2.23. The molecule has 1 aromatic carbocycles. The predicted octanol–water partition coefficient (Wildman–Crippen LogP) is 2.43. The van der Waals surface area contributed by atoms with Gasteiger partial charge in [0.05, 0.1) is 0 Å². The summed E-state index contributed by atoms with van der Waals surface area (Å²) in [5.74, 6) is -0.168. The summed E-state index contributed by atoms with van der Waals surface area (Å²) in [5, 5.41) is 18.5. The summed E-state index contributed by atoms with van der Waals surface area (Å²) in [6, 6.07) is 7.07. The number of piperidine rings is 1. The highest BCUT2D eigenvalue weighted by Gasteiger charge is 2.23. The molecule has 1 aliphatic rings. The zero-order valence-corrected chi connectivity index (χ0v) is 12.7. The average molecular weight is 305 g/mol. The highest BCUT2D eigenvalue weighted by molar-refractivity contribution is 5.76. The Morgan fingerprint density at radius 3 is 2.73 bits per heavy atom. The fraction of sp³-hybridized carbons (Fsp3) is 0.529. The van der Waals surface area contributed by atoms with Gasteiger partial charge in [0, 0.05) is 25.9 Å². The minimum absolute atomic E-state index is 0.0864. The predicted molar refractivity (Wildman–Crippen MR) is 82.6 cm³/mol. The van der Waals surface area contributed by atoms with Gasteiger partial charge in [0.25, 0.3) is 0 Å². The van der Waals surface area contributed by atoms with Gasteiger partial charge in [-0.15, -0.1) is 0 Å². The van der Waals surface area contributed by atoms with Gasteiger partial charge in [0.15, 0.2) is 0 Å². The third-order valence-corrected chi connectivity index (χ3v) is 4.24. The number of carbonyl (C=O) groups is 2. The molecule has 5 nitrogen and oxygen atoms in total. The number of likely N-dealkylation sites (tertiary alicyclic amines) is 1. The second-order valence-electron chi connectivity index (χ2n) is 5.91. The van der Waals surface area contributed by atoms with Gasteiger partial charge >= 0.3 is 5.97 Å². The number of amides is 1. The van der Waals surface area contributed by atoms with Crippen molar-refractivity contribution in [2.75, 3.05) is 13.1 Å². The number of hydrogen-bond donors (Lipinski definition) is 2. The molecular weight excluding hydrogens is 282 g/mol.